The van der Waals surface area contributed by atoms with Gasteiger partial charge in [0.25, 0.3) is 17.8 Å². The van der Waals surface area contributed by atoms with E-state index in [1.54, 1.807) is 0 Å². The highest BCUT2D eigenvalue weighted by Gasteiger charge is 2.65. The summed E-state index contributed by atoms with van der Waals surface area (Å²) in [6.45, 7) is 0. The molecule has 130 valence electrons. The van der Waals surface area contributed by atoms with Crippen molar-refractivity contribution in [3.63, 3.8) is 0 Å². The summed E-state index contributed by atoms with van der Waals surface area (Å²) < 4.78 is 123. The van der Waals surface area contributed by atoms with Crippen molar-refractivity contribution >= 4 is 23.8 Å². The number of carbonyl (C=O) groups is 1. The molecule has 0 spiro atoms. The number of halogens is 10. The average molecular weight is 362 g/mol. The molecule has 0 aliphatic rings. The lowest BCUT2D eigenvalue weighted by Gasteiger charge is -2.20. The maximum absolute atomic E-state index is 13.3. The van der Waals surface area contributed by atoms with Gasteiger partial charge in [0.1, 0.15) is 0 Å². The summed E-state index contributed by atoms with van der Waals surface area (Å²) in [5.74, 6) is -16.3. The van der Waals surface area contributed by atoms with Gasteiger partial charge in [-0.1, -0.05) is 22.4 Å². The van der Waals surface area contributed by atoms with Gasteiger partial charge in [-0.3, -0.25) is 4.79 Å². The summed E-state index contributed by atoms with van der Waals surface area (Å²) in [5.41, 5.74) is 0. The molecule has 0 aromatic carbocycles. The second-order valence-electron chi connectivity index (χ2n) is 3.36. The molecule has 0 N–H and O–H groups in total. The summed E-state index contributed by atoms with van der Waals surface area (Å²) in [4.78, 5) is 17.6. The molecule has 17 heteroatoms. The maximum Gasteiger partial charge on any atom is 0.463 e. The minimum absolute atomic E-state index is 2.06. The molecule has 0 aliphatic heterocycles. The first-order valence-corrected chi connectivity index (χ1v) is 4.73. The van der Waals surface area contributed by atoms with Crippen molar-refractivity contribution in [2.75, 3.05) is 15.8 Å². The van der Waals surface area contributed by atoms with Crippen molar-refractivity contribution in [2.45, 2.75) is 12.1 Å². The van der Waals surface area contributed by atoms with E-state index in [1.807, 2.05) is 0 Å². The van der Waals surface area contributed by atoms with Crippen LogP contribution in [0.25, 0.3) is 0 Å². The van der Waals surface area contributed by atoms with Crippen LogP contribution in [0, 0.1) is 0 Å². The molecule has 7 nitrogen and oxygen atoms in total. The highest BCUT2D eigenvalue weighted by atomic mass is 19.4. The Labute approximate surface area is 117 Å². The van der Waals surface area contributed by atoms with E-state index in [9.17, 15) is 49.2 Å². The van der Waals surface area contributed by atoms with E-state index in [0.29, 0.717) is 0 Å². The third-order valence-electron chi connectivity index (χ3n) is 1.88. The first kappa shape index (κ1) is 18.4. The molecule has 1 rings (SSSR count). The monoisotopic (exact) mass is 362 g/mol. The summed E-state index contributed by atoms with van der Waals surface area (Å²) in [5, 5.41) is -6.34. The van der Waals surface area contributed by atoms with Gasteiger partial charge in [0.05, 0.1) is 0 Å². The minimum atomic E-state index is -6.55. The standard InChI is InChI=1S/C6F10N6O/c7-5(8,6(9,10)11)1(23)20(12)2-17-3(21(13)14)19-4(18-2)22(15)16. The number of amides is 1. The fraction of sp³-hybridized carbons (Fsp3) is 0.333. The molecule has 0 radical (unpaired) electrons. The second-order valence-corrected chi connectivity index (χ2v) is 3.36. The first-order valence-electron chi connectivity index (χ1n) is 4.73. The smallest absolute Gasteiger partial charge is 0.264 e. The zero-order valence-corrected chi connectivity index (χ0v) is 9.87. The Balaban J connectivity index is 3.32. The Morgan fingerprint density at radius 1 is 0.739 bits per heavy atom. The van der Waals surface area contributed by atoms with Crippen LogP contribution in [-0.4, -0.2) is 33.0 Å². The Hall–Kier alpha value is -2.62. The number of nitrogens with zero attached hydrogens (tertiary/aromatic N) is 6. The summed E-state index contributed by atoms with van der Waals surface area (Å²) in [6, 6.07) is 0. The Morgan fingerprint density at radius 2 is 1.09 bits per heavy atom. The third kappa shape index (κ3) is 3.59. The zero-order valence-electron chi connectivity index (χ0n) is 9.87. The molecule has 0 bridgehead atoms. The SMILES string of the molecule is O=C(N(F)c1nc(N(F)F)nc(N(F)F)n1)C(F)(F)C(F)(F)F. The van der Waals surface area contributed by atoms with Crippen LogP contribution in [0.15, 0.2) is 0 Å². The molecule has 0 atom stereocenters. The van der Waals surface area contributed by atoms with Crippen LogP contribution >= 0.6 is 0 Å². The number of hydrogen-bond acceptors (Lipinski definition) is 6. The van der Waals surface area contributed by atoms with Gasteiger partial charge in [0.15, 0.2) is 0 Å². The van der Waals surface area contributed by atoms with E-state index in [-0.39, 0.29) is 0 Å². The van der Waals surface area contributed by atoms with Crippen LogP contribution in [0.3, 0.4) is 0 Å². The van der Waals surface area contributed by atoms with Crippen LogP contribution < -0.4 is 15.8 Å². The molecule has 1 amide bonds. The number of rotatable bonds is 4. The number of carbonyl (C=O) groups excluding carboxylic acids is 1. The molecule has 23 heavy (non-hydrogen) atoms. The molecule has 1 aromatic rings. The lowest BCUT2D eigenvalue weighted by molar-refractivity contribution is -0.269. The van der Waals surface area contributed by atoms with Crippen LogP contribution in [0.5, 0.6) is 0 Å². The molecule has 1 aromatic heterocycles. The topological polar surface area (TPSA) is 65.5 Å². The normalized spacial score (nSPS) is 12.1. The van der Waals surface area contributed by atoms with E-state index in [1.165, 1.54) is 0 Å². The second kappa shape index (κ2) is 5.88. The number of alkyl halides is 5. The van der Waals surface area contributed by atoms with Crippen LogP contribution in [0.2, 0.25) is 0 Å². The first-order chi connectivity index (χ1) is 10.3. The fourth-order valence-electron chi connectivity index (χ4n) is 0.918. The van der Waals surface area contributed by atoms with Crippen molar-refractivity contribution in [3.05, 3.63) is 0 Å². The quantitative estimate of drug-likeness (QED) is 0.606. The Bertz CT molecular complexity index is 563. The summed E-state index contributed by atoms with van der Waals surface area (Å²) >= 11 is 0. The minimum Gasteiger partial charge on any atom is -0.264 e. The summed E-state index contributed by atoms with van der Waals surface area (Å²) in [6.07, 6.45) is -6.55. The van der Waals surface area contributed by atoms with Crippen LogP contribution in [0.1, 0.15) is 0 Å². The van der Waals surface area contributed by atoms with Crippen LogP contribution in [0.4, 0.5) is 62.2 Å². The highest BCUT2D eigenvalue weighted by Crippen LogP contribution is 2.37. The summed E-state index contributed by atoms with van der Waals surface area (Å²) in [7, 11) is 0. The predicted octanol–water partition coefficient (Wildman–Crippen LogP) is 2.44. The largest absolute Gasteiger partial charge is 0.463 e. The van der Waals surface area contributed by atoms with Gasteiger partial charge in [-0.15, -0.1) is 5.12 Å². The van der Waals surface area contributed by atoms with Gasteiger partial charge >= 0.3 is 18.0 Å². The van der Waals surface area contributed by atoms with E-state index >= 15 is 0 Å². The molecular weight excluding hydrogens is 362 g/mol. The van der Waals surface area contributed by atoms with E-state index in [0.717, 1.165) is 0 Å². The van der Waals surface area contributed by atoms with Gasteiger partial charge < -0.3 is 0 Å². The van der Waals surface area contributed by atoms with E-state index in [4.69, 9.17) is 0 Å². The average Bonchev–Trinajstić information content (AvgIpc) is 2.43. The van der Waals surface area contributed by atoms with E-state index < -0.39 is 51.7 Å². The third-order valence-corrected chi connectivity index (χ3v) is 1.88. The van der Waals surface area contributed by atoms with Gasteiger partial charge in [-0.25, -0.2) is 0 Å². The number of hydrogen-bond donors (Lipinski definition) is 0. The maximum atomic E-state index is 13.3. The molecule has 0 fully saturated rings. The predicted molar refractivity (Wildman–Crippen MR) is 48.8 cm³/mol. The fourth-order valence-corrected chi connectivity index (χ4v) is 0.918. The van der Waals surface area contributed by atoms with Crippen molar-refractivity contribution in [1.29, 1.82) is 0 Å². The lowest BCUT2D eigenvalue weighted by atomic mass is 10.3. The van der Waals surface area contributed by atoms with Crippen molar-refractivity contribution in [3.8, 4) is 0 Å². The van der Waals surface area contributed by atoms with Gasteiger partial charge in [0, 0.05) is 0 Å². The van der Waals surface area contributed by atoms with Gasteiger partial charge in [-0.05, 0) is 10.7 Å². The molecule has 0 aliphatic carbocycles. The molecule has 0 saturated heterocycles. The molecule has 1 heterocycles. The molecule has 0 saturated carbocycles. The van der Waals surface area contributed by atoms with Gasteiger partial charge in [0.2, 0.25) is 0 Å². The van der Waals surface area contributed by atoms with Crippen molar-refractivity contribution in [2.24, 2.45) is 0 Å². The van der Waals surface area contributed by atoms with Gasteiger partial charge in [-0.2, -0.15) is 36.9 Å². The Kier molecular flexibility index (Phi) is 4.71. The molecular formula is C6F10N6O. The van der Waals surface area contributed by atoms with E-state index in [2.05, 4.69) is 15.0 Å². The zero-order chi connectivity index (χ0) is 18.2. The van der Waals surface area contributed by atoms with Crippen molar-refractivity contribution in [1.82, 2.24) is 15.0 Å². The number of aromatic nitrogens is 3. The molecule has 0 unspecified atom stereocenters. The van der Waals surface area contributed by atoms with Crippen LogP contribution in [-0.2, 0) is 4.79 Å². The Morgan fingerprint density at radius 3 is 1.39 bits per heavy atom. The lowest BCUT2D eigenvalue weighted by Crippen LogP contribution is -2.50. The number of anilines is 3. The van der Waals surface area contributed by atoms with Crippen molar-refractivity contribution < 1.29 is 49.2 Å². The highest BCUT2D eigenvalue weighted by molar-refractivity contribution is 5.95.